The van der Waals surface area contributed by atoms with Crippen molar-refractivity contribution in [3.8, 4) is 11.4 Å². The van der Waals surface area contributed by atoms with Gasteiger partial charge in [-0.2, -0.15) is 0 Å². The van der Waals surface area contributed by atoms with Gasteiger partial charge < -0.3 is 20.3 Å². The molecule has 1 aromatic carbocycles. The number of urea groups is 1. The van der Waals surface area contributed by atoms with E-state index in [2.05, 4.69) is 20.8 Å². The molecule has 7 nitrogen and oxygen atoms in total. The minimum absolute atomic E-state index is 0.135. The molecule has 3 N–H and O–H groups in total. The zero-order valence-corrected chi connectivity index (χ0v) is 13.1. The molecule has 0 atom stereocenters. The van der Waals surface area contributed by atoms with Crippen molar-refractivity contribution in [1.29, 1.82) is 0 Å². The van der Waals surface area contributed by atoms with Crippen LogP contribution in [0.2, 0.25) is 0 Å². The van der Waals surface area contributed by atoms with Crippen LogP contribution in [0, 0.1) is 0 Å². The summed E-state index contributed by atoms with van der Waals surface area (Å²) in [6.45, 7) is 0. The SMILES string of the molecule is Cn1cnnc1-c1ccc(NC(=O)NC2CCC(O)CC2)cc1. The molecule has 1 saturated carbocycles. The van der Waals surface area contributed by atoms with E-state index in [0.29, 0.717) is 0 Å². The van der Waals surface area contributed by atoms with Crippen LogP contribution in [0.4, 0.5) is 10.5 Å². The standard InChI is InChI=1S/C16H21N5O2/c1-21-10-17-20-15(21)11-2-4-12(5-3-11)18-16(23)19-13-6-8-14(22)9-7-13/h2-5,10,13-14,22H,6-9H2,1H3,(H2,18,19,23). The highest BCUT2D eigenvalue weighted by atomic mass is 16.3. The van der Waals surface area contributed by atoms with Gasteiger partial charge >= 0.3 is 6.03 Å². The Bertz CT molecular complexity index is 659. The Balaban J connectivity index is 1.56. The maximum absolute atomic E-state index is 12.0. The number of benzene rings is 1. The Morgan fingerprint density at radius 3 is 2.52 bits per heavy atom. The molecule has 1 heterocycles. The van der Waals surface area contributed by atoms with Gasteiger partial charge in [0, 0.05) is 24.3 Å². The van der Waals surface area contributed by atoms with Crippen molar-refractivity contribution in [2.75, 3.05) is 5.32 Å². The van der Waals surface area contributed by atoms with Crippen LogP contribution in [0.25, 0.3) is 11.4 Å². The van der Waals surface area contributed by atoms with E-state index in [1.807, 2.05) is 35.9 Å². The summed E-state index contributed by atoms with van der Waals surface area (Å²) in [5.74, 6) is 0.779. The van der Waals surface area contributed by atoms with Crippen molar-refractivity contribution in [1.82, 2.24) is 20.1 Å². The number of rotatable bonds is 3. The lowest BCUT2D eigenvalue weighted by molar-refractivity contribution is 0.118. The fraction of sp³-hybridized carbons (Fsp3) is 0.438. The number of hydrogen-bond donors (Lipinski definition) is 3. The van der Waals surface area contributed by atoms with Gasteiger partial charge in [-0.15, -0.1) is 10.2 Å². The molecular formula is C16H21N5O2. The van der Waals surface area contributed by atoms with E-state index in [1.165, 1.54) is 0 Å². The number of carbonyl (C=O) groups excluding carboxylic acids is 1. The third-order valence-corrected chi connectivity index (χ3v) is 4.14. The fourth-order valence-corrected chi connectivity index (χ4v) is 2.82. The first-order chi connectivity index (χ1) is 11.1. The van der Waals surface area contributed by atoms with E-state index in [0.717, 1.165) is 42.8 Å². The van der Waals surface area contributed by atoms with Gasteiger partial charge in [-0.1, -0.05) is 0 Å². The summed E-state index contributed by atoms with van der Waals surface area (Å²) in [4.78, 5) is 12.0. The Morgan fingerprint density at radius 2 is 1.91 bits per heavy atom. The summed E-state index contributed by atoms with van der Waals surface area (Å²) < 4.78 is 1.84. The molecule has 23 heavy (non-hydrogen) atoms. The zero-order chi connectivity index (χ0) is 16.2. The average molecular weight is 315 g/mol. The van der Waals surface area contributed by atoms with Crippen LogP contribution in [0.5, 0.6) is 0 Å². The van der Waals surface area contributed by atoms with Crippen LogP contribution in [-0.2, 0) is 7.05 Å². The number of amides is 2. The average Bonchev–Trinajstić information content (AvgIpc) is 2.96. The van der Waals surface area contributed by atoms with Crippen molar-refractivity contribution in [2.45, 2.75) is 37.8 Å². The minimum Gasteiger partial charge on any atom is -0.393 e. The second-order valence-electron chi connectivity index (χ2n) is 5.95. The Kier molecular flexibility index (Phi) is 4.57. The Hall–Kier alpha value is -2.41. The molecule has 1 aliphatic rings. The van der Waals surface area contributed by atoms with Crippen LogP contribution in [0.3, 0.4) is 0 Å². The number of anilines is 1. The number of aromatic nitrogens is 3. The molecule has 1 aromatic heterocycles. The number of aliphatic hydroxyl groups excluding tert-OH is 1. The molecular weight excluding hydrogens is 294 g/mol. The van der Waals surface area contributed by atoms with E-state index in [1.54, 1.807) is 6.33 Å². The summed E-state index contributed by atoms with van der Waals surface area (Å²) in [7, 11) is 1.88. The van der Waals surface area contributed by atoms with Gasteiger partial charge in [-0.05, 0) is 49.9 Å². The molecule has 122 valence electrons. The normalized spacial score (nSPS) is 21.0. The Labute approximate surface area is 134 Å². The molecule has 1 aliphatic carbocycles. The second kappa shape index (κ2) is 6.78. The molecule has 3 rings (SSSR count). The molecule has 0 bridgehead atoms. The molecule has 0 aliphatic heterocycles. The predicted octanol–water partition coefficient (Wildman–Crippen LogP) is 1.91. The Morgan fingerprint density at radius 1 is 1.22 bits per heavy atom. The molecule has 2 amide bonds. The van der Waals surface area contributed by atoms with Crippen LogP contribution in [0.1, 0.15) is 25.7 Å². The molecule has 1 fully saturated rings. The van der Waals surface area contributed by atoms with Crippen molar-refractivity contribution in [2.24, 2.45) is 7.05 Å². The van der Waals surface area contributed by atoms with Crippen LogP contribution < -0.4 is 10.6 Å². The highest BCUT2D eigenvalue weighted by molar-refractivity contribution is 5.89. The van der Waals surface area contributed by atoms with Gasteiger partial charge in [0.15, 0.2) is 5.82 Å². The largest absolute Gasteiger partial charge is 0.393 e. The number of hydrogen-bond acceptors (Lipinski definition) is 4. The highest BCUT2D eigenvalue weighted by Crippen LogP contribution is 2.20. The van der Waals surface area contributed by atoms with E-state index < -0.39 is 0 Å². The summed E-state index contributed by atoms with van der Waals surface area (Å²) in [6, 6.07) is 7.41. The maximum atomic E-state index is 12.0. The van der Waals surface area contributed by atoms with Gasteiger partial charge in [-0.3, -0.25) is 0 Å². The number of nitrogens with zero attached hydrogens (tertiary/aromatic N) is 3. The molecule has 7 heteroatoms. The molecule has 2 aromatic rings. The van der Waals surface area contributed by atoms with Crippen molar-refractivity contribution in [3.63, 3.8) is 0 Å². The van der Waals surface area contributed by atoms with Crippen molar-refractivity contribution in [3.05, 3.63) is 30.6 Å². The van der Waals surface area contributed by atoms with Crippen LogP contribution >= 0.6 is 0 Å². The topological polar surface area (TPSA) is 92.1 Å². The fourth-order valence-electron chi connectivity index (χ4n) is 2.82. The van der Waals surface area contributed by atoms with Gasteiger partial charge in [-0.25, -0.2) is 4.79 Å². The zero-order valence-electron chi connectivity index (χ0n) is 13.1. The minimum atomic E-state index is -0.218. The number of nitrogens with one attached hydrogen (secondary N) is 2. The van der Waals surface area contributed by atoms with Gasteiger partial charge in [0.2, 0.25) is 0 Å². The van der Waals surface area contributed by atoms with E-state index in [9.17, 15) is 9.90 Å². The number of aliphatic hydroxyl groups is 1. The first-order valence-electron chi connectivity index (χ1n) is 7.82. The third kappa shape index (κ3) is 3.87. The van der Waals surface area contributed by atoms with Gasteiger partial charge in [0.1, 0.15) is 6.33 Å². The summed E-state index contributed by atoms with van der Waals surface area (Å²) in [5, 5.41) is 23.2. The van der Waals surface area contributed by atoms with E-state index >= 15 is 0 Å². The summed E-state index contributed by atoms with van der Waals surface area (Å²) in [5.41, 5.74) is 1.67. The van der Waals surface area contributed by atoms with Crippen molar-refractivity contribution < 1.29 is 9.90 Å². The monoisotopic (exact) mass is 315 g/mol. The van der Waals surface area contributed by atoms with E-state index in [4.69, 9.17) is 0 Å². The lowest BCUT2D eigenvalue weighted by Gasteiger charge is -2.26. The number of carbonyl (C=O) groups is 1. The molecule has 0 spiro atoms. The quantitative estimate of drug-likeness (QED) is 0.806. The number of aryl methyl sites for hydroxylation is 1. The highest BCUT2D eigenvalue weighted by Gasteiger charge is 2.20. The maximum Gasteiger partial charge on any atom is 0.319 e. The first kappa shape index (κ1) is 15.5. The molecule has 0 saturated heterocycles. The lowest BCUT2D eigenvalue weighted by atomic mass is 9.93. The van der Waals surface area contributed by atoms with Crippen LogP contribution in [0.15, 0.2) is 30.6 Å². The molecule has 0 radical (unpaired) electrons. The van der Waals surface area contributed by atoms with Crippen LogP contribution in [-0.4, -0.2) is 38.0 Å². The van der Waals surface area contributed by atoms with E-state index in [-0.39, 0.29) is 18.2 Å². The summed E-state index contributed by atoms with van der Waals surface area (Å²) in [6.07, 6.45) is 4.56. The van der Waals surface area contributed by atoms with Gasteiger partial charge in [0.25, 0.3) is 0 Å². The van der Waals surface area contributed by atoms with Crippen molar-refractivity contribution >= 4 is 11.7 Å². The molecule has 0 unspecified atom stereocenters. The predicted molar refractivity (Wildman–Crippen MR) is 86.9 cm³/mol. The smallest absolute Gasteiger partial charge is 0.319 e. The third-order valence-electron chi connectivity index (χ3n) is 4.14. The summed E-state index contributed by atoms with van der Waals surface area (Å²) >= 11 is 0. The lowest BCUT2D eigenvalue weighted by Crippen LogP contribution is -2.40. The van der Waals surface area contributed by atoms with Gasteiger partial charge in [0.05, 0.1) is 6.10 Å². The first-order valence-corrected chi connectivity index (χ1v) is 7.82. The second-order valence-corrected chi connectivity index (χ2v) is 5.95.